The molecule has 0 spiro atoms. The van der Waals surface area contributed by atoms with Crippen molar-refractivity contribution in [3.8, 4) is 11.5 Å². The van der Waals surface area contributed by atoms with Crippen molar-refractivity contribution in [1.82, 2.24) is 4.90 Å². The van der Waals surface area contributed by atoms with Crippen LogP contribution in [0.25, 0.3) is 0 Å². The first kappa shape index (κ1) is 12.7. The molecule has 0 aromatic heterocycles. The first-order chi connectivity index (χ1) is 10.4. The van der Waals surface area contributed by atoms with E-state index in [2.05, 4.69) is 29.2 Å². The summed E-state index contributed by atoms with van der Waals surface area (Å²) >= 11 is 0. The maximum atomic E-state index is 6.04. The molecule has 0 amide bonds. The van der Waals surface area contributed by atoms with E-state index in [0.717, 1.165) is 18.0 Å². The van der Waals surface area contributed by atoms with E-state index >= 15 is 0 Å². The van der Waals surface area contributed by atoms with Crippen LogP contribution in [0.5, 0.6) is 11.5 Å². The molecule has 1 atom stereocenters. The van der Waals surface area contributed by atoms with Crippen molar-refractivity contribution in [3.05, 3.63) is 59.7 Å². The fraction of sp³-hybridized carbons (Fsp3) is 0.333. The second kappa shape index (κ2) is 5.41. The van der Waals surface area contributed by atoms with Crippen LogP contribution < -0.4 is 9.47 Å². The first-order valence-electron chi connectivity index (χ1n) is 7.58. The second-order valence-electron chi connectivity index (χ2n) is 5.74. The van der Waals surface area contributed by atoms with Gasteiger partial charge in [0.25, 0.3) is 0 Å². The minimum absolute atomic E-state index is 0.0158. The van der Waals surface area contributed by atoms with Gasteiger partial charge in [0, 0.05) is 6.54 Å². The summed E-state index contributed by atoms with van der Waals surface area (Å²) < 4.78 is 11.8. The molecule has 1 fully saturated rings. The largest absolute Gasteiger partial charge is 0.485 e. The molecule has 1 saturated heterocycles. The molecule has 21 heavy (non-hydrogen) atoms. The van der Waals surface area contributed by atoms with Crippen molar-refractivity contribution >= 4 is 0 Å². The van der Waals surface area contributed by atoms with Crippen LogP contribution >= 0.6 is 0 Å². The third-order valence-electron chi connectivity index (χ3n) is 4.21. The molecule has 2 aliphatic heterocycles. The molecule has 0 N–H and O–H groups in total. The van der Waals surface area contributed by atoms with E-state index in [9.17, 15) is 0 Å². The standard InChI is InChI=1S/C18H19NO2/c1-2-5-17-16(4-1)20-13-18(21-17)15-8-6-14(7-9-15)12-19-10-3-11-19/h1-2,4-9,18H,3,10-13H2/t18-/m1/s1. The maximum absolute atomic E-state index is 6.04. The lowest BCUT2D eigenvalue weighted by Gasteiger charge is -2.31. The van der Waals surface area contributed by atoms with Gasteiger partial charge in [0.15, 0.2) is 17.6 Å². The fourth-order valence-corrected chi connectivity index (χ4v) is 2.82. The Balaban J connectivity index is 1.47. The Morgan fingerprint density at radius 1 is 0.952 bits per heavy atom. The van der Waals surface area contributed by atoms with Gasteiger partial charge in [0.2, 0.25) is 0 Å². The van der Waals surface area contributed by atoms with Gasteiger partial charge in [-0.25, -0.2) is 0 Å². The number of para-hydroxylation sites is 2. The van der Waals surface area contributed by atoms with E-state index in [1.54, 1.807) is 0 Å². The molecule has 2 aromatic carbocycles. The molecular formula is C18H19NO2. The minimum atomic E-state index is -0.0158. The number of likely N-dealkylation sites (tertiary alicyclic amines) is 1. The van der Waals surface area contributed by atoms with E-state index in [0.29, 0.717) is 6.61 Å². The summed E-state index contributed by atoms with van der Waals surface area (Å²) in [5.41, 5.74) is 2.55. The van der Waals surface area contributed by atoms with Gasteiger partial charge in [-0.05, 0) is 42.8 Å². The van der Waals surface area contributed by atoms with Gasteiger partial charge in [-0.15, -0.1) is 0 Å². The Bertz CT molecular complexity index is 619. The van der Waals surface area contributed by atoms with Crippen LogP contribution in [-0.2, 0) is 6.54 Å². The van der Waals surface area contributed by atoms with Gasteiger partial charge < -0.3 is 9.47 Å². The van der Waals surface area contributed by atoms with Crippen molar-refractivity contribution in [2.75, 3.05) is 19.7 Å². The predicted molar refractivity (Wildman–Crippen MR) is 81.6 cm³/mol. The SMILES string of the molecule is c1ccc2c(c1)OC[C@H](c1ccc(CN3CCC3)cc1)O2. The summed E-state index contributed by atoms with van der Waals surface area (Å²) in [6, 6.07) is 16.6. The molecule has 4 rings (SSSR count). The molecular weight excluding hydrogens is 262 g/mol. The molecule has 0 radical (unpaired) electrons. The van der Waals surface area contributed by atoms with E-state index < -0.39 is 0 Å². The van der Waals surface area contributed by atoms with Gasteiger partial charge in [0.05, 0.1) is 0 Å². The van der Waals surface area contributed by atoms with Crippen molar-refractivity contribution in [1.29, 1.82) is 0 Å². The molecule has 0 aliphatic carbocycles. The zero-order valence-corrected chi connectivity index (χ0v) is 12.0. The van der Waals surface area contributed by atoms with E-state index in [-0.39, 0.29) is 6.10 Å². The second-order valence-corrected chi connectivity index (χ2v) is 5.74. The molecule has 2 heterocycles. The van der Waals surface area contributed by atoms with Crippen LogP contribution in [0.3, 0.4) is 0 Å². The predicted octanol–water partition coefficient (Wildman–Crippen LogP) is 3.40. The van der Waals surface area contributed by atoms with Crippen LogP contribution in [0.15, 0.2) is 48.5 Å². The Labute approximate surface area is 125 Å². The molecule has 3 heteroatoms. The summed E-state index contributed by atoms with van der Waals surface area (Å²) in [6.45, 7) is 4.10. The number of hydrogen-bond acceptors (Lipinski definition) is 3. The Hall–Kier alpha value is -2.00. The lowest BCUT2D eigenvalue weighted by Crippen LogP contribution is -2.36. The quantitative estimate of drug-likeness (QED) is 0.860. The Morgan fingerprint density at radius 3 is 2.43 bits per heavy atom. The van der Waals surface area contributed by atoms with Crippen LogP contribution in [-0.4, -0.2) is 24.6 Å². The monoisotopic (exact) mass is 281 g/mol. The van der Waals surface area contributed by atoms with Crippen LogP contribution in [0.2, 0.25) is 0 Å². The first-order valence-corrected chi connectivity index (χ1v) is 7.58. The molecule has 0 bridgehead atoms. The average molecular weight is 281 g/mol. The third-order valence-corrected chi connectivity index (χ3v) is 4.21. The van der Waals surface area contributed by atoms with Gasteiger partial charge in [-0.3, -0.25) is 4.90 Å². The highest BCUT2D eigenvalue weighted by Crippen LogP contribution is 2.35. The van der Waals surface area contributed by atoms with Crippen molar-refractivity contribution in [2.45, 2.75) is 19.1 Å². The Morgan fingerprint density at radius 2 is 1.71 bits per heavy atom. The molecule has 108 valence electrons. The number of benzene rings is 2. The Kier molecular flexibility index (Phi) is 3.28. The van der Waals surface area contributed by atoms with Gasteiger partial charge in [-0.2, -0.15) is 0 Å². The highest BCUT2D eigenvalue weighted by atomic mass is 16.6. The fourth-order valence-electron chi connectivity index (χ4n) is 2.82. The molecule has 3 nitrogen and oxygen atoms in total. The van der Waals surface area contributed by atoms with Gasteiger partial charge >= 0.3 is 0 Å². The molecule has 0 saturated carbocycles. The smallest absolute Gasteiger partial charge is 0.162 e. The maximum Gasteiger partial charge on any atom is 0.162 e. The summed E-state index contributed by atoms with van der Waals surface area (Å²) in [5.74, 6) is 1.67. The lowest BCUT2D eigenvalue weighted by atomic mass is 10.1. The van der Waals surface area contributed by atoms with Crippen molar-refractivity contribution in [2.24, 2.45) is 0 Å². The topological polar surface area (TPSA) is 21.7 Å². The van der Waals surface area contributed by atoms with E-state index in [1.165, 1.54) is 30.6 Å². The normalized spacial score (nSPS) is 20.9. The zero-order chi connectivity index (χ0) is 14.1. The van der Waals surface area contributed by atoms with E-state index in [1.807, 2.05) is 24.3 Å². The van der Waals surface area contributed by atoms with E-state index in [4.69, 9.17) is 9.47 Å². The van der Waals surface area contributed by atoms with Gasteiger partial charge in [0.1, 0.15) is 6.61 Å². The number of ether oxygens (including phenoxy) is 2. The number of hydrogen-bond donors (Lipinski definition) is 0. The third kappa shape index (κ3) is 2.61. The molecule has 2 aromatic rings. The molecule has 0 unspecified atom stereocenters. The lowest BCUT2D eigenvalue weighted by molar-refractivity contribution is 0.0912. The zero-order valence-electron chi connectivity index (χ0n) is 12.0. The van der Waals surface area contributed by atoms with Gasteiger partial charge in [-0.1, -0.05) is 36.4 Å². The number of rotatable bonds is 3. The summed E-state index contributed by atoms with van der Waals surface area (Å²) in [5, 5.41) is 0. The number of nitrogens with zero attached hydrogens (tertiary/aromatic N) is 1. The average Bonchev–Trinajstić information content (AvgIpc) is 2.51. The molecule has 2 aliphatic rings. The summed E-state index contributed by atoms with van der Waals surface area (Å²) in [7, 11) is 0. The van der Waals surface area contributed by atoms with Crippen LogP contribution in [0, 0.1) is 0 Å². The van der Waals surface area contributed by atoms with Crippen molar-refractivity contribution in [3.63, 3.8) is 0 Å². The highest BCUT2D eigenvalue weighted by molar-refractivity contribution is 5.41. The number of fused-ring (bicyclic) bond motifs is 1. The van der Waals surface area contributed by atoms with Crippen LogP contribution in [0.1, 0.15) is 23.7 Å². The van der Waals surface area contributed by atoms with Crippen LogP contribution in [0.4, 0.5) is 0 Å². The van der Waals surface area contributed by atoms with Crippen molar-refractivity contribution < 1.29 is 9.47 Å². The minimum Gasteiger partial charge on any atom is -0.485 e. The highest BCUT2D eigenvalue weighted by Gasteiger charge is 2.22. The summed E-state index contributed by atoms with van der Waals surface area (Å²) in [6.07, 6.45) is 1.32. The summed E-state index contributed by atoms with van der Waals surface area (Å²) in [4.78, 5) is 2.46.